The van der Waals surface area contributed by atoms with E-state index >= 15 is 0 Å². The Kier molecular flexibility index (Phi) is 3.36. The highest BCUT2D eigenvalue weighted by atomic mass is 16.5. The molecule has 1 unspecified atom stereocenters. The minimum atomic E-state index is 0.190. The Hall–Kier alpha value is -0.900. The molecule has 4 nitrogen and oxygen atoms in total. The molecule has 0 radical (unpaired) electrons. The van der Waals surface area contributed by atoms with E-state index in [0.717, 1.165) is 25.9 Å². The third-order valence-electron chi connectivity index (χ3n) is 3.05. The summed E-state index contributed by atoms with van der Waals surface area (Å²) in [6.45, 7) is 3.37. The molecule has 4 heteroatoms. The molecule has 2 heterocycles. The molecule has 2 aliphatic rings. The highest BCUT2D eigenvalue weighted by molar-refractivity contribution is 5.99. The monoisotopic (exact) mass is 210 g/mol. The Morgan fingerprint density at radius 3 is 3.20 bits per heavy atom. The van der Waals surface area contributed by atoms with Crippen LogP contribution in [0, 0.1) is 5.92 Å². The number of ketones is 1. The van der Waals surface area contributed by atoms with Gasteiger partial charge < -0.3 is 9.64 Å². The van der Waals surface area contributed by atoms with E-state index in [9.17, 15) is 4.79 Å². The Morgan fingerprint density at radius 2 is 2.53 bits per heavy atom. The maximum absolute atomic E-state index is 11.9. The highest BCUT2D eigenvalue weighted by Gasteiger charge is 2.25. The Morgan fingerprint density at radius 1 is 1.67 bits per heavy atom. The first-order valence-corrected chi connectivity index (χ1v) is 5.63. The lowest BCUT2D eigenvalue weighted by Crippen LogP contribution is -2.36. The second-order valence-electron chi connectivity index (χ2n) is 4.37. The van der Waals surface area contributed by atoms with Crippen molar-refractivity contribution in [1.82, 2.24) is 4.90 Å². The van der Waals surface area contributed by atoms with E-state index in [1.807, 2.05) is 0 Å². The van der Waals surface area contributed by atoms with Gasteiger partial charge in [0.15, 0.2) is 5.90 Å². The largest absolute Gasteiger partial charge is 0.479 e. The van der Waals surface area contributed by atoms with E-state index in [4.69, 9.17) is 4.74 Å². The van der Waals surface area contributed by atoms with Gasteiger partial charge in [0, 0.05) is 12.5 Å². The summed E-state index contributed by atoms with van der Waals surface area (Å²) in [5.74, 6) is 1.13. The normalized spacial score (nSPS) is 27.3. The van der Waals surface area contributed by atoms with Crippen molar-refractivity contribution in [1.29, 1.82) is 0 Å². The summed E-state index contributed by atoms with van der Waals surface area (Å²) in [5, 5.41) is 0. The van der Waals surface area contributed by atoms with Gasteiger partial charge in [-0.3, -0.25) is 9.79 Å². The summed E-state index contributed by atoms with van der Waals surface area (Å²) in [4.78, 5) is 18.3. The molecule has 0 aliphatic carbocycles. The van der Waals surface area contributed by atoms with Crippen molar-refractivity contribution in [3.8, 4) is 0 Å². The Labute approximate surface area is 90.3 Å². The molecule has 0 aromatic carbocycles. The average Bonchev–Trinajstić information content (AvgIpc) is 2.70. The fourth-order valence-electron chi connectivity index (χ4n) is 2.21. The predicted octanol–water partition coefficient (Wildman–Crippen LogP) is 0.716. The smallest absolute Gasteiger partial charge is 0.190 e. The van der Waals surface area contributed by atoms with E-state index in [1.54, 1.807) is 0 Å². The van der Waals surface area contributed by atoms with Crippen LogP contribution in [0.1, 0.15) is 19.3 Å². The van der Waals surface area contributed by atoms with Crippen LogP contribution in [0.4, 0.5) is 0 Å². The molecule has 0 saturated carbocycles. The minimum Gasteiger partial charge on any atom is -0.479 e. The maximum atomic E-state index is 11.9. The lowest BCUT2D eigenvalue weighted by molar-refractivity contribution is -0.123. The molecule has 0 aromatic heterocycles. The summed E-state index contributed by atoms with van der Waals surface area (Å²) >= 11 is 0. The molecular weight excluding hydrogens is 192 g/mol. The predicted molar refractivity (Wildman–Crippen MR) is 58.1 cm³/mol. The van der Waals surface area contributed by atoms with Crippen molar-refractivity contribution >= 4 is 11.7 Å². The van der Waals surface area contributed by atoms with Crippen molar-refractivity contribution in [3.63, 3.8) is 0 Å². The fraction of sp³-hybridized carbons (Fsp3) is 0.818. The Bertz CT molecular complexity index is 276. The van der Waals surface area contributed by atoms with E-state index in [1.165, 1.54) is 0 Å². The summed E-state index contributed by atoms with van der Waals surface area (Å²) in [7, 11) is 2.07. The van der Waals surface area contributed by atoms with Crippen molar-refractivity contribution < 1.29 is 9.53 Å². The number of aliphatic imine (C=N–C) groups is 1. The number of ether oxygens (including phenoxy) is 1. The van der Waals surface area contributed by atoms with Crippen molar-refractivity contribution in [3.05, 3.63) is 0 Å². The third-order valence-corrected chi connectivity index (χ3v) is 3.05. The van der Waals surface area contributed by atoms with Crippen LogP contribution in [-0.2, 0) is 9.53 Å². The maximum Gasteiger partial charge on any atom is 0.190 e. The zero-order chi connectivity index (χ0) is 10.7. The first kappa shape index (κ1) is 10.6. The number of nitrogens with zero attached hydrogens (tertiary/aromatic N) is 2. The van der Waals surface area contributed by atoms with E-state index in [-0.39, 0.29) is 5.92 Å². The lowest BCUT2D eigenvalue weighted by atomic mass is 9.92. The molecule has 84 valence electrons. The van der Waals surface area contributed by atoms with Gasteiger partial charge in [0.05, 0.1) is 13.0 Å². The van der Waals surface area contributed by atoms with E-state index in [0.29, 0.717) is 31.3 Å². The number of hydrogen-bond acceptors (Lipinski definition) is 4. The van der Waals surface area contributed by atoms with Crippen molar-refractivity contribution in [2.45, 2.75) is 19.3 Å². The molecule has 0 amide bonds. The Balaban J connectivity index is 1.84. The number of likely N-dealkylation sites (tertiary alicyclic amines) is 1. The number of carbonyl (C=O) groups excluding carboxylic acids is 1. The van der Waals surface area contributed by atoms with Crippen LogP contribution in [-0.4, -0.2) is 49.9 Å². The minimum absolute atomic E-state index is 0.190. The quantitative estimate of drug-likeness (QED) is 0.689. The number of Topliss-reactive ketones (excluding diaryl/α,β-unsaturated/α-hetero) is 1. The average molecular weight is 210 g/mol. The lowest BCUT2D eigenvalue weighted by Gasteiger charge is -2.28. The molecule has 15 heavy (non-hydrogen) atoms. The van der Waals surface area contributed by atoms with Gasteiger partial charge in [0.25, 0.3) is 0 Å². The molecule has 2 aliphatic heterocycles. The second kappa shape index (κ2) is 4.75. The van der Waals surface area contributed by atoms with Gasteiger partial charge in [-0.15, -0.1) is 0 Å². The second-order valence-corrected chi connectivity index (χ2v) is 4.37. The molecule has 1 fully saturated rings. The van der Waals surface area contributed by atoms with Gasteiger partial charge in [-0.05, 0) is 26.4 Å². The van der Waals surface area contributed by atoms with Crippen LogP contribution in [0.15, 0.2) is 4.99 Å². The van der Waals surface area contributed by atoms with Crippen LogP contribution in [0.2, 0.25) is 0 Å². The summed E-state index contributed by atoms with van der Waals surface area (Å²) in [6, 6.07) is 0. The number of hydrogen-bond donors (Lipinski definition) is 0. The molecular formula is C11H18N2O2. The SMILES string of the molecule is CN1CCCC(C(=O)CC2=NCCO2)C1. The van der Waals surface area contributed by atoms with E-state index in [2.05, 4.69) is 16.9 Å². The standard InChI is InChI=1S/C11H18N2O2/c1-13-5-2-3-9(8-13)10(14)7-11-12-4-6-15-11/h9H,2-8H2,1H3. The molecule has 0 spiro atoms. The first-order chi connectivity index (χ1) is 7.25. The van der Waals surface area contributed by atoms with Gasteiger partial charge in [-0.25, -0.2) is 0 Å². The highest BCUT2D eigenvalue weighted by Crippen LogP contribution is 2.18. The van der Waals surface area contributed by atoms with Gasteiger partial charge in [0.2, 0.25) is 0 Å². The summed E-state index contributed by atoms with van der Waals surface area (Å²) < 4.78 is 5.26. The third kappa shape index (κ3) is 2.78. The van der Waals surface area contributed by atoms with Crippen LogP contribution in [0.3, 0.4) is 0 Å². The summed E-state index contributed by atoms with van der Waals surface area (Å²) in [5.41, 5.74) is 0. The topological polar surface area (TPSA) is 41.9 Å². The van der Waals surface area contributed by atoms with Crippen molar-refractivity contribution in [2.24, 2.45) is 10.9 Å². The number of carbonyl (C=O) groups is 1. The molecule has 0 bridgehead atoms. The number of piperidine rings is 1. The van der Waals surface area contributed by atoms with Crippen LogP contribution >= 0.6 is 0 Å². The van der Waals surface area contributed by atoms with E-state index < -0.39 is 0 Å². The molecule has 1 saturated heterocycles. The molecule has 2 rings (SSSR count). The zero-order valence-corrected chi connectivity index (χ0v) is 9.24. The number of rotatable bonds is 3. The van der Waals surface area contributed by atoms with Crippen LogP contribution < -0.4 is 0 Å². The first-order valence-electron chi connectivity index (χ1n) is 5.63. The zero-order valence-electron chi connectivity index (χ0n) is 9.24. The van der Waals surface area contributed by atoms with Gasteiger partial charge in [-0.2, -0.15) is 0 Å². The van der Waals surface area contributed by atoms with Gasteiger partial charge in [-0.1, -0.05) is 0 Å². The van der Waals surface area contributed by atoms with Crippen LogP contribution in [0.25, 0.3) is 0 Å². The molecule has 0 aromatic rings. The van der Waals surface area contributed by atoms with Gasteiger partial charge in [0.1, 0.15) is 12.4 Å². The summed E-state index contributed by atoms with van der Waals surface area (Å²) in [6.07, 6.45) is 2.55. The van der Waals surface area contributed by atoms with Gasteiger partial charge >= 0.3 is 0 Å². The fourth-order valence-corrected chi connectivity index (χ4v) is 2.21. The molecule has 1 atom stereocenters. The van der Waals surface area contributed by atoms with Crippen LogP contribution in [0.5, 0.6) is 0 Å². The molecule has 0 N–H and O–H groups in total. The van der Waals surface area contributed by atoms with Crippen molar-refractivity contribution in [2.75, 3.05) is 33.3 Å².